The fraction of sp³-hybridized carbons (Fsp3) is 0.900. The van der Waals surface area contributed by atoms with Gasteiger partial charge in [0.05, 0.1) is 6.10 Å². The van der Waals surface area contributed by atoms with E-state index in [1.165, 1.54) is 7.11 Å². The Morgan fingerprint density at radius 2 is 2.33 bits per heavy atom. The van der Waals surface area contributed by atoms with Crippen LogP contribution in [-0.4, -0.2) is 35.6 Å². The minimum Gasteiger partial charge on any atom is -0.358 e. The van der Waals surface area contributed by atoms with Crippen LogP contribution in [0.3, 0.4) is 0 Å². The van der Waals surface area contributed by atoms with Crippen LogP contribution in [0.5, 0.6) is 0 Å². The van der Waals surface area contributed by atoms with Gasteiger partial charge < -0.3 is 9.47 Å². The van der Waals surface area contributed by atoms with Gasteiger partial charge >= 0.3 is 0 Å². The highest BCUT2D eigenvalue weighted by Gasteiger charge is 2.63. The molecule has 1 aliphatic heterocycles. The molecular formula is C10H16O5. The molecule has 1 aliphatic carbocycles. The number of carbonyl (C=O) groups excluding carboxylic acids is 1. The van der Waals surface area contributed by atoms with Crippen LogP contribution in [-0.2, 0) is 19.2 Å². The molecule has 1 saturated carbocycles. The van der Waals surface area contributed by atoms with Gasteiger partial charge in [0, 0.05) is 19.4 Å². The minimum atomic E-state index is -1.12. The second-order valence-corrected chi connectivity index (χ2v) is 4.58. The summed E-state index contributed by atoms with van der Waals surface area (Å²) in [4.78, 5) is 16.1. The molecule has 0 aromatic rings. The molecular weight excluding hydrogens is 200 g/mol. The second-order valence-electron chi connectivity index (χ2n) is 4.58. The van der Waals surface area contributed by atoms with Gasteiger partial charge in [-0.05, 0) is 20.3 Å². The van der Waals surface area contributed by atoms with E-state index in [9.17, 15) is 4.79 Å². The summed E-state index contributed by atoms with van der Waals surface area (Å²) in [5.74, 6) is -1.23. The first-order valence-corrected chi connectivity index (χ1v) is 5.05. The summed E-state index contributed by atoms with van der Waals surface area (Å²) < 4.78 is 10.4. The Balaban J connectivity index is 2.11. The van der Waals surface area contributed by atoms with Gasteiger partial charge in [-0.15, -0.1) is 0 Å². The fourth-order valence-electron chi connectivity index (χ4n) is 2.23. The van der Waals surface area contributed by atoms with E-state index in [1.807, 2.05) is 0 Å². The average Bonchev–Trinajstić information content (AvgIpc) is 2.90. The van der Waals surface area contributed by atoms with Crippen LogP contribution in [0.15, 0.2) is 0 Å². The molecule has 2 fully saturated rings. The van der Waals surface area contributed by atoms with Crippen LogP contribution in [0, 0.1) is 5.92 Å². The normalized spacial score (nSPS) is 43.3. The van der Waals surface area contributed by atoms with Gasteiger partial charge in [-0.1, -0.05) is 0 Å². The van der Waals surface area contributed by atoms with Gasteiger partial charge in [0.15, 0.2) is 5.78 Å². The van der Waals surface area contributed by atoms with E-state index in [1.54, 1.807) is 13.8 Å². The van der Waals surface area contributed by atoms with Crippen LogP contribution in [0.4, 0.5) is 0 Å². The Morgan fingerprint density at radius 3 is 2.80 bits per heavy atom. The van der Waals surface area contributed by atoms with Gasteiger partial charge in [0.2, 0.25) is 5.79 Å². The molecule has 1 heterocycles. The van der Waals surface area contributed by atoms with Crippen molar-refractivity contribution in [3.8, 4) is 0 Å². The monoisotopic (exact) mass is 216 g/mol. The Hall–Kier alpha value is -0.490. The number of rotatable bonds is 3. The molecule has 1 saturated heterocycles. The Labute approximate surface area is 88.2 Å². The lowest BCUT2D eigenvalue weighted by Crippen LogP contribution is -2.45. The third-order valence-electron chi connectivity index (χ3n) is 3.76. The molecule has 2 aliphatic rings. The third kappa shape index (κ3) is 1.50. The van der Waals surface area contributed by atoms with Crippen molar-refractivity contribution >= 4 is 5.78 Å². The highest BCUT2D eigenvalue weighted by atomic mass is 17.1. The van der Waals surface area contributed by atoms with Crippen molar-refractivity contribution in [1.29, 1.82) is 0 Å². The van der Waals surface area contributed by atoms with Crippen molar-refractivity contribution in [2.24, 2.45) is 5.92 Å². The van der Waals surface area contributed by atoms with Crippen LogP contribution in [0.2, 0.25) is 0 Å². The van der Waals surface area contributed by atoms with Crippen molar-refractivity contribution < 1.29 is 24.4 Å². The maximum absolute atomic E-state index is 11.7. The molecule has 0 spiro atoms. The van der Waals surface area contributed by atoms with Gasteiger partial charge in [-0.25, -0.2) is 10.1 Å². The number of hydrogen-bond donors (Lipinski definition) is 1. The van der Waals surface area contributed by atoms with Gasteiger partial charge in [-0.3, -0.25) is 4.79 Å². The standard InChI is InChI=1S/C10H16O5/c1-9-7(11)4-6(5-8(9)14-9)10(2,13-3)15-12/h6,8,12H,4-5H2,1-3H3/t6-,8+,9-,10?/m1/s1. The summed E-state index contributed by atoms with van der Waals surface area (Å²) in [6.45, 7) is 3.43. The molecule has 4 atom stereocenters. The molecule has 15 heavy (non-hydrogen) atoms. The van der Waals surface area contributed by atoms with E-state index in [4.69, 9.17) is 14.7 Å². The van der Waals surface area contributed by atoms with Crippen LogP contribution >= 0.6 is 0 Å². The van der Waals surface area contributed by atoms with Gasteiger partial charge in [-0.2, -0.15) is 0 Å². The zero-order valence-electron chi connectivity index (χ0n) is 9.15. The minimum absolute atomic E-state index is 0.0478. The SMILES string of the molecule is COC(C)(OO)[C@@H]1CC(=O)[C@@]2(C)O[C@H]2C1. The molecule has 1 unspecified atom stereocenters. The van der Waals surface area contributed by atoms with Gasteiger partial charge in [0.25, 0.3) is 0 Å². The molecule has 2 rings (SSSR count). The topological polar surface area (TPSA) is 68.3 Å². The largest absolute Gasteiger partial charge is 0.358 e. The lowest BCUT2D eigenvalue weighted by atomic mass is 9.78. The van der Waals surface area contributed by atoms with Crippen molar-refractivity contribution in [1.82, 2.24) is 0 Å². The van der Waals surface area contributed by atoms with E-state index in [0.717, 1.165) is 0 Å². The number of hydrogen-bond acceptors (Lipinski definition) is 5. The average molecular weight is 216 g/mol. The van der Waals surface area contributed by atoms with Gasteiger partial charge in [0.1, 0.15) is 5.60 Å². The Bertz CT molecular complexity index is 286. The van der Waals surface area contributed by atoms with E-state index in [-0.39, 0.29) is 17.8 Å². The number of ketones is 1. The summed E-state index contributed by atoms with van der Waals surface area (Å²) in [6, 6.07) is 0. The van der Waals surface area contributed by atoms with E-state index in [2.05, 4.69) is 4.89 Å². The summed E-state index contributed by atoms with van der Waals surface area (Å²) in [5.41, 5.74) is -0.583. The number of fused-ring (bicyclic) bond motifs is 1. The smallest absolute Gasteiger partial charge is 0.201 e. The fourth-order valence-corrected chi connectivity index (χ4v) is 2.23. The van der Waals surface area contributed by atoms with Crippen molar-refractivity contribution in [2.45, 2.75) is 44.2 Å². The number of carbonyl (C=O) groups is 1. The quantitative estimate of drug-likeness (QED) is 0.329. The summed E-state index contributed by atoms with van der Waals surface area (Å²) >= 11 is 0. The maximum Gasteiger partial charge on any atom is 0.201 e. The molecule has 0 radical (unpaired) electrons. The number of epoxide rings is 1. The molecule has 1 N–H and O–H groups in total. The van der Waals surface area contributed by atoms with Crippen molar-refractivity contribution in [3.05, 3.63) is 0 Å². The third-order valence-corrected chi connectivity index (χ3v) is 3.76. The first-order chi connectivity index (χ1) is 6.96. The van der Waals surface area contributed by atoms with E-state index >= 15 is 0 Å². The van der Waals surface area contributed by atoms with Crippen molar-refractivity contribution in [2.75, 3.05) is 7.11 Å². The summed E-state index contributed by atoms with van der Waals surface area (Å²) in [6.07, 6.45) is 0.943. The van der Waals surface area contributed by atoms with E-state index < -0.39 is 11.4 Å². The number of methoxy groups -OCH3 is 1. The molecule has 0 aromatic heterocycles. The summed E-state index contributed by atoms with van der Waals surface area (Å²) in [7, 11) is 1.45. The maximum atomic E-state index is 11.7. The Kier molecular flexibility index (Phi) is 2.38. The lowest BCUT2D eigenvalue weighted by Gasteiger charge is -2.34. The number of ether oxygens (including phenoxy) is 2. The first-order valence-electron chi connectivity index (χ1n) is 5.05. The molecule has 0 aromatic carbocycles. The predicted octanol–water partition coefficient (Wildman–Crippen LogP) is 0.975. The molecule has 0 amide bonds. The number of Topliss-reactive ketones (excluding diaryl/α,β-unsaturated/α-hetero) is 1. The highest BCUT2D eigenvalue weighted by molar-refractivity contribution is 5.91. The zero-order valence-corrected chi connectivity index (χ0v) is 9.15. The second kappa shape index (κ2) is 3.25. The molecule has 5 heteroatoms. The van der Waals surface area contributed by atoms with Crippen molar-refractivity contribution in [3.63, 3.8) is 0 Å². The molecule has 0 bridgehead atoms. The molecule has 86 valence electrons. The first kappa shape index (κ1) is 11.0. The zero-order chi connectivity index (χ0) is 11.3. The van der Waals surface area contributed by atoms with Crippen LogP contribution < -0.4 is 0 Å². The molecule has 5 nitrogen and oxygen atoms in total. The highest BCUT2D eigenvalue weighted by Crippen LogP contribution is 2.49. The van der Waals surface area contributed by atoms with Crippen LogP contribution in [0.25, 0.3) is 0 Å². The predicted molar refractivity (Wildman–Crippen MR) is 50.1 cm³/mol. The lowest BCUT2D eigenvalue weighted by molar-refractivity contribution is -0.409. The summed E-state index contributed by atoms with van der Waals surface area (Å²) in [5, 5.41) is 8.81. The van der Waals surface area contributed by atoms with Crippen LogP contribution in [0.1, 0.15) is 26.7 Å². The van der Waals surface area contributed by atoms with E-state index in [0.29, 0.717) is 12.8 Å². The Morgan fingerprint density at radius 1 is 1.67 bits per heavy atom.